The fourth-order valence-corrected chi connectivity index (χ4v) is 5.08. The Morgan fingerprint density at radius 2 is 1.85 bits per heavy atom. The first-order chi connectivity index (χ1) is 19.2. The van der Waals surface area contributed by atoms with E-state index in [0.29, 0.717) is 51.6 Å². The summed E-state index contributed by atoms with van der Waals surface area (Å²) in [7, 11) is 0. The zero-order valence-corrected chi connectivity index (χ0v) is 21.1. The first-order valence-electron chi connectivity index (χ1n) is 13.0. The van der Waals surface area contributed by atoms with E-state index in [9.17, 15) is 4.39 Å². The summed E-state index contributed by atoms with van der Waals surface area (Å²) in [5.74, 6) is 0.650. The number of pyridine rings is 3. The second-order valence-electron chi connectivity index (χ2n) is 9.62. The molecule has 0 bridgehead atoms. The summed E-state index contributed by atoms with van der Waals surface area (Å²) < 4.78 is 20.6. The highest BCUT2D eigenvalue weighted by atomic mass is 19.1. The van der Waals surface area contributed by atoms with E-state index >= 15 is 0 Å². The summed E-state index contributed by atoms with van der Waals surface area (Å²) in [6.45, 7) is 3.54. The Hall–Kier alpha value is -4.70. The second-order valence-corrected chi connectivity index (χ2v) is 9.62. The van der Waals surface area contributed by atoms with Crippen molar-refractivity contribution in [2.45, 2.75) is 12.8 Å². The van der Waals surface area contributed by atoms with Crippen LogP contribution in [0.15, 0.2) is 67.1 Å². The van der Waals surface area contributed by atoms with Crippen molar-refractivity contribution in [3.05, 3.63) is 72.9 Å². The molecule has 0 atom stereocenters. The molecule has 5 aromatic heterocycles. The summed E-state index contributed by atoms with van der Waals surface area (Å²) >= 11 is 0. The van der Waals surface area contributed by atoms with Gasteiger partial charge in [-0.2, -0.15) is 5.10 Å². The van der Waals surface area contributed by atoms with Gasteiger partial charge in [-0.3, -0.25) is 20.0 Å². The van der Waals surface area contributed by atoms with Gasteiger partial charge in [0.2, 0.25) is 0 Å². The van der Waals surface area contributed by atoms with Crippen LogP contribution in [0.1, 0.15) is 12.8 Å². The molecule has 0 spiro atoms. The fraction of sp³-hybridized carbons (Fsp3) is 0.207. The Morgan fingerprint density at radius 3 is 2.72 bits per heavy atom. The van der Waals surface area contributed by atoms with E-state index in [1.807, 2.05) is 36.4 Å². The molecule has 194 valence electrons. The quantitative estimate of drug-likeness (QED) is 0.296. The van der Waals surface area contributed by atoms with Crippen LogP contribution in [0.5, 0.6) is 5.75 Å². The Morgan fingerprint density at radius 1 is 0.923 bits per heavy atom. The van der Waals surface area contributed by atoms with Crippen molar-refractivity contribution < 1.29 is 9.13 Å². The van der Waals surface area contributed by atoms with Gasteiger partial charge in [-0.1, -0.05) is 6.07 Å². The van der Waals surface area contributed by atoms with E-state index in [2.05, 4.69) is 30.0 Å². The number of rotatable bonds is 7. The number of aromatic nitrogens is 7. The number of fused-ring (bicyclic) bond motifs is 2. The van der Waals surface area contributed by atoms with Crippen molar-refractivity contribution >= 4 is 22.1 Å². The Balaban J connectivity index is 1.23. The number of aromatic amines is 2. The third kappa shape index (κ3) is 4.59. The van der Waals surface area contributed by atoms with Crippen molar-refractivity contribution in [3.8, 4) is 39.8 Å². The van der Waals surface area contributed by atoms with Gasteiger partial charge in [-0.25, -0.2) is 14.4 Å². The number of imidazole rings is 1. The maximum Gasteiger partial charge on any atom is 0.161 e. The van der Waals surface area contributed by atoms with Gasteiger partial charge < -0.3 is 9.72 Å². The second kappa shape index (κ2) is 9.88. The molecule has 1 saturated heterocycles. The van der Waals surface area contributed by atoms with E-state index < -0.39 is 0 Å². The van der Waals surface area contributed by atoms with Crippen molar-refractivity contribution in [2.75, 3.05) is 26.2 Å². The molecule has 0 aliphatic carbocycles. The van der Waals surface area contributed by atoms with E-state index in [4.69, 9.17) is 14.7 Å². The molecule has 2 N–H and O–H groups in total. The minimum absolute atomic E-state index is 0.374. The van der Waals surface area contributed by atoms with Crippen LogP contribution in [0.2, 0.25) is 0 Å². The Bertz CT molecular complexity index is 1780. The largest absolute Gasteiger partial charge is 0.492 e. The Labute approximate surface area is 223 Å². The minimum atomic E-state index is -0.374. The van der Waals surface area contributed by atoms with Crippen LogP contribution in [0.4, 0.5) is 4.39 Å². The molecule has 9 nitrogen and oxygen atoms in total. The number of benzene rings is 1. The van der Waals surface area contributed by atoms with Gasteiger partial charge in [0.1, 0.15) is 23.7 Å². The SMILES string of the molecule is Fc1cc(OCCN2CCCC2)cc(-c2cncc3[nH]c(-c4n[nH]c5ccc(-c6ccccn6)nc45)nc23)c1. The van der Waals surface area contributed by atoms with Crippen LogP contribution in [0.3, 0.4) is 0 Å². The summed E-state index contributed by atoms with van der Waals surface area (Å²) in [5.41, 5.74) is 6.25. The maximum absolute atomic E-state index is 14.7. The standard InChI is InChI=1S/C29H25FN8O/c30-19-13-18(14-20(15-19)39-12-11-38-9-3-4-10-38)21-16-31-17-25-26(21)35-29(34-25)28-27-24(36-37-28)7-6-23(33-27)22-5-1-2-8-32-22/h1-2,5-8,13-17H,3-4,9-12H2,(H,34,35)(H,36,37). The number of nitrogens with zero attached hydrogens (tertiary/aromatic N) is 6. The van der Waals surface area contributed by atoms with Gasteiger partial charge in [0, 0.05) is 30.6 Å². The third-order valence-electron chi connectivity index (χ3n) is 7.01. The van der Waals surface area contributed by atoms with Crippen molar-refractivity contribution in [1.82, 2.24) is 40.0 Å². The lowest BCUT2D eigenvalue weighted by atomic mass is 10.1. The van der Waals surface area contributed by atoms with Crippen LogP contribution < -0.4 is 4.74 Å². The Kier molecular flexibility index (Phi) is 5.93. The van der Waals surface area contributed by atoms with Gasteiger partial charge in [-0.05, 0) is 67.9 Å². The average Bonchev–Trinajstić information content (AvgIpc) is 3.72. The van der Waals surface area contributed by atoms with E-state index in [-0.39, 0.29) is 5.82 Å². The van der Waals surface area contributed by atoms with E-state index in [0.717, 1.165) is 36.5 Å². The number of hydrogen-bond acceptors (Lipinski definition) is 7. The summed E-state index contributed by atoms with van der Waals surface area (Å²) in [5, 5.41) is 7.52. The molecule has 0 amide bonds. The highest BCUT2D eigenvalue weighted by molar-refractivity contribution is 5.95. The lowest BCUT2D eigenvalue weighted by Gasteiger charge is -2.15. The summed E-state index contributed by atoms with van der Waals surface area (Å²) in [4.78, 5) is 24.1. The first kappa shape index (κ1) is 23.4. The topological polar surface area (TPSA) is 108 Å². The number of H-pyrrole nitrogens is 2. The van der Waals surface area contributed by atoms with Gasteiger partial charge in [0.15, 0.2) is 11.5 Å². The number of hydrogen-bond donors (Lipinski definition) is 2. The van der Waals surface area contributed by atoms with Gasteiger partial charge >= 0.3 is 0 Å². The normalized spacial score (nSPS) is 14.0. The molecule has 0 unspecified atom stereocenters. The van der Waals surface area contributed by atoms with Crippen molar-refractivity contribution in [2.24, 2.45) is 0 Å². The lowest BCUT2D eigenvalue weighted by Crippen LogP contribution is -2.25. The molecule has 1 aliphatic rings. The molecule has 10 heteroatoms. The smallest absolute Gasteiger partial charge is 0.161 e. The predicted octanol–water partition coefficient (Wildman–Crippen LogP) is 5.24. The highest BCUT2D eigenvalue weighted by Crippen LogP contribution is 2.33. The molecule has 1 aromatic carbocycles. The van der Waals surface area contributed by atoms with Gasteiger partial charge in [-0.15, -0.1) is 0 Å². The molecule has 0 saturated carbocycles. The molecule has 1 aliphatic heterocycles. The zero-order valence-electron chi connectivity index (χ0n) is 21.1. The molecule has 7 rings (SSSR count). The first-order valence-corrected chi connectivity index (χ1v) is 13.0. The van der Waals surface area contributed by atoms with Gasteiger partial charge in [0.25, 0.3) is 0 Å². The van der Waals surface area contributed by atoms with Crippen LogP contribution in [-0.2, 0) is 0 Å². The highest BCUT2D eigenvalue weighted by Gasteiger charge is 2.18. The average molecular weight is 521 g/mol. The number of ether oxygens (including phenoxy) is 1. The van der Waals surface area contributed by atoms with Crippen LogP contribution >= 0.6 is 0 Å². The molecular weight excluding hydrogens is 495 g/mol. The number of nitrogens with one attached hydrogen (secondary N) is 2. The minimum Gasteiger partial charge on any atom is -0.492 e. The lowest BCUT2D eigenvalue weighted by molar-refractivity contribution is 0.237. The zero-order chi connectivity index (χ0) is 26.2. The fourth-order valence-electron chi connectivity index (χ4n) is 5.08. The maximum atomic E-state index is 14.7. The molecule has 6 aromatic rings. The van der Waals surface area contributed by atoms with Crippen LogP contribution in [0.25, 0.3) is 56.1 Å². The van der Waals surface area contributed by atoms with Crippen molar-refractivity contribution in [1.29, 1.82) is 0 Å². The van der Waals surface area contributed by atoms with Gasteiger partial charge in [0.05, 0.1) is 34.1 Å². The van der Waals surface area contributed by atoms with Crippen molar-refractivity contribution in [3.63, 3.8) is 0 Å². The van der Waals surface area contributed by atoms with E-state index in [1.165, 1.54) is 25.0 Å². The van der Waals surface area contributed by atoms with Crippen LogP contribution in [0, 0.1) is 5.82 Å². The molecule has 39 heavy (non-hydrogen) atoms. The summed E-state index contributed by atoms with van der Waals surface area (Å²) in [6, 6.07) is 14.3. The molecule has 6 heterocycles. The molecular formula is C29H25FN8O. The van der Waals surface area contributed by atoms with Crippen LogP contribution in [-0.4, -0.2) is 66.3 Å². The monoisotopic (exact) mass is 520 g/mol. The molecule has 1 fully saturated rings. The van der Waals surface area contributed by atoms with E-state index in [1.54, 1.807) is 18.6 Å². The number of likely N-dealkylation sites (tertiary alicyclic amines) is 1. The summed E-state index contributed by atoms with van der Waals surface area (Å²) in [6.07, 6.45) is 7.58. The predicted molar refractivity (Wildman–Crippen MR) is 147 cm³/mol. The number of halogens is 1. The molecule has 0 radical (unpaired) electrons. The third-order valence-corrected chi connectivity index (χ3v) is 7.01.